The molecular formula is C16H33N3O3. The Morgan fingerprint density at radius 1 is 1.36 bits per heavy atom. The second kappa shape index (κ2) is 10.8. The highest BCUT2D eigenvalue weighted by Gasteiger charge is 2.16. The molecule has 1 atom stereocenters. The number of nitrogens with one attached hydrogen (secondary N) is 2. The molecule has 1 rings (SSSR count). The summed E-state index contributed by atoms with van der Waals surface area (Å²) in [5.41, 5.74) is -0.243. The van der Waals surface area contributed by atoms with Gasteiger partial charge >= 0.3 is 0 Å². The Labute approximate surface area is 135 Å². The van der Waals surface area contributed by atoms with Crippen LogP contribution in [0.25, 0.3) is 0 Å². The molecule has 1 aliphatic heterocycles. The summed E-state index contributed by atoms with van der Waals surface area (Å²) in [7, 11) is 1.71. The van der Waals surface area contributed by atoms with E-state index in [0.29, 0.717) is 12.6 Å². The smallest absolute Gasteiger partial charge is 0.191 e. The van der Waals surface area contributed by atoms with Gasteiger partial charge in [-0.2, -0.15) is 0 Å². The fourth-order valence-corrected chi connectivity index (χ4v) is 2.05. The van der Waals surface area contributed by atoms with E-state index in [-0.39, 0.29) is 5.60 Å². The number of ether oxygens (including phenoxy) is 3. The molecule has 1 aliphatic rings. The van der Waals surface area contributed by atoms with Crippen molar-refractivity contribution in [1.29, 1.82) is 0 Å². The lowest BCUT2D eigenvalue weighted by Gasteiger charge is -2.21. The van der Waals surface area contributed by atoms with Crippen LogP contribution in [0, 0.1) is 0 Å². The molecule has 0 bridgehead atoms. The molecule has 1 fully saturated rings. The maximum atomic E-state index is 5.65. The van der Waals surface area contributed by atoms with E-state index in [1.807, 2.05) is 13.8 Å². The quantitative estimate of drug-likeness (QED) is 0.364. The first kappa shape index (κ1) is 19.2. The monoisotopic (exact) mass is 315 g/mol. The Bertz CT molecular complexity index is 316. The summed E-state index contributed by atoms with van der Waals surface area (Å²) in [5, 5.41) is 6.56. The van der Waals surface area contributed by atoms with Crippen LogP contribution >= 0.6 is 0 Å². The molecule has 1 unspecified atom stereocenters. The Balaban J connectivity index is 2.13. The third-order valence-electron chi connectivity index (χ3n) is 3.60. The fourth-order valence-electron chi connectivity index (χ4n) is 2.05. The maximum absolute atomic E-state index is 5.65. The summed E-state index contributed by atoms with van der Waals surface area (Å²) in [5.74, 6) is 0.826. The summed E-state index contributed by atoms with van der Waals surface area (Å²) >= 11 is 0. The van der Waals surface area contributed by atoms with Crippen molar-refractivity contribution < 1.29 is 14.2 Å². The Morgan fingerprint density at radius 3 is 2.82 bits per heavy atom. The van der Waals surface area contributed by atoms with E-state index in [1.165, 1.54) is 0 Å². The van der Waals surface area contributed by atoms with Crippen LogP contribution in [-0.4, -0.2) is 64.2 Å². The maximum Gasteiger partial charge on any atom is 0.191 e. The van der Waals surface area contributed by atoms with Crippen molar-refractivity contribution in [3.05, 3.63) is 0 Å². The van der Waals surface area contributed by atoms with E-state index in [0.717, 1.165) is 58.1 Å². The van der Waals surface area contributed by atoms with Crippen molar-refractivity contribution in [1.82, 2.24) is 10.6 Å². The number of rotatable bonds is 10. The molecule has 6 nitrogen and oxygen atoms in total. The normalized spacial score (nSPS) is 19.5. The predicted molar refractivity (Wildman–Crippen MR) is 89.5 cm³/mol. The number of hydrogen-bond donors (Lipinski definition) is 2. The topological polar surface area (TPSA) is 64.1 Å². The second-order valence-electron chi connectivity index (χ2n) is 6.15. The lowest BCUT2D eigenvalue weighted by Crippen LogP contribution is -2.39. The lowest BCUT2D eigenvalue weighted by molar-refractivity contribution is 0.0168. The van der Waals surface area contributed by atoms with Crippen LogP contribution in [0.2, 0.25) is 0 Å². The minimum Gasteiger partial charge on any atom is -0.379 e. The minimum atomic E-state index is -0.243. The fraction of sp³-hybridized carbons (Fsp3) is 0.938. The third-order valence-corrected chi connectivity index (χ3v) is 3.60. The standard InChI is InChI=1S/C16H33N3O3/c1-5-17-15(19-13-16(2,3)20-4)18-9-7-10-21-12-14-8-6-11-22-14/h14H,5-13H2,1-4H3,(H2,17,18,19). The molecule has 0 radical (unpaired) electrons. The number of nitrogens with zero attached hydrogens (tertiary/aromatic N) is 1. The van der Waals surface area contributed by atoms with Gasteiger partial charge in [0, 0.05) is 33.4 Å². The lowest BCUT2D eigenvalue weighted by atomic mass is 10.1. The van der Waals surface area contributed by atoms with Crippen molar-refractivity contribution in [2.45, 2.75) is 51.7 Å². The highest BCUT2D eigenvalue weighted by molar-refractivity contribution is 5.79. The van der Waals surface area contributed by atoms with Crippen molar-refractivity contribution >= 4 is 5.96 Å². The first-order valence-electron chi connectivity index (χ1n) is 8.34. The van der Waals surface area contributed by atoms with Gasteiger partial charge in [0.1, 0.15) is 0 Å². The van der Waals surface area contributed by atoms with Crippen molar-refractivity contribution in [3.63, 3.8) is 0 Å². The molecule has 0 aliphatic carbocycles. The van der Waals surface area contributed by atoms with E-state index in [4.69, 9.17) is 14.2 Å². The predicted octanol–water partition coefficient (Wildman–Crippen LogP) is 1.55. The molecule has 0 saturated carbocycles. The second-order valence-corrected chi connectivity index (χ2v) is 6.15. The van der Waals surface area contributed by atoms with Crippen LogP contribution in [0.1, 0.15) is 40.0 Å². The number of methoxy groups -OCH3 is 1. The Kier molecular flexibility index (Phi) is 9.43. The van der Waals surface area contributed by atoms with Gasteiger partial charge in [0.15, 0.2) is 5.96 Å². The Morgan fingerprint density at radius 2 is 2.18 bits per heavy atom. The van der Waals surface area contributed by atoms with Gasteiger partial charge < -0.3 is 24.8 Å². The number of hydrogen-bond acceptors (Lipinski definition) is 4. The molecule has 0 aromatic heterocycles. The third kappa shape index (κ3) is 8.56. The highest BCUT2D eigenvalue weighted by Crippen LogP contribution is 2.11. The molecule has 0 spiro atoms. The molecule has 0 amide bonds. The van der Waals surface area contributed by atoms with E-state index in [1.54, 1.807) is 7.11 Å². The molecule has 130 valence electrons. The molecule has 1 heterocycles. The summed E-state index contributed by atoms with van der Waals surface area (Å²) in [4.78, 5) is 4.55. The Hall–Kier alpha value is -0.850. The zero-order valence-corrected chi connectivity index (χ0v) is 14.6. The largest absolute Gasteiger partial charge is 0.379 e. The van der Waals surface area contributed by atoms with Crippen molar-refractivity contribution in [2.24, 2.45) is 4.99 Å². The van der Waals surface area contributed by atoms with Gasteiger partial charge in [-0.05, 0) is 40.0 Å². The van der Waals surface area contributed by atoms with E-state index < -0.39 is 0 Å². The van der Waals surface area contributed by atoms with Gasteiger partial charge in [-0.3, -0.25) is 4.99 Å². The van der Waals surface area contributed by atoms with E-state index >= 15 is 0 Å². The van der Waals surface area contributed by atoms with Gasteiger partial charge in [0.25, 0.3) is 0 Å². The zero-order valence-electron chi connectivity index (χ0n) is 14.6. The molecular weight excluding hydrogens is 282 g/mol. The van der Waals surface area contributed by atoms with Crippen LogP contribution in [0.4, 0.5) is 0 Å². The van der Waals surface area contributed by atoms with Gasteiger partial charge in [0.2, 0.25) is 0 Å². The average molecular weight is 315 g/mol. The molecule has 2 N–H and O–H groups in total. The molecule has 0 aromatic carbocycles. The first-order chi connectivity index (χ1) is 10.6. The van der Waals surface area contributed by atoms with Crippen molar-refractivity contribution in [3.8, 4) is 0 Å². The van der Waals surface area contributed by atoms with Gasteiger partial charge in [-0.25, -0.2) is 0 Å². The van der Waals surface area contributed by atoms with Crippen LogP contribution in [-0.2, 0) is 14.2 Å². The van der Waals surface area contributed by atoms with E-state index in [2.05, 4.69) is 22.5 Å². The van der Waals surface area contributed by atoms with Crippen LogP contribution in [0.15, 0.2) is 4.99 Å². The molecule has 6 heteroatoms. The van der Waals surface area contributed by atoms with Crippen molar-refractivity contribution in [2.75, 3.05) is 46.6 Å². The van der Waals surface area contributed by atoms with Gasteiger partial charge in [0.05, 0.1) is 24.9 Å². The summed E-state index contributed by atoms with van der Waals surface area (Å²) in [6.07, 6.45) is 3.55. The highest BCUT2D eigenvalue weighted by atomic mass is 16.5. The van der Waals surface area contributed by atoms with Gasteiger partial charge in [-0.15, -0.1) is 0 Å². The summed E-state index contributed by atoms with van der Waals surface area (Å²) in [6, 6.07) is 0. The zero-order chi connectivity index (χ0) is 16.3. The van der Waals surface area contributed by atoms with Crippen LogP contribution in [0.5, 0.6) is 0 Å². The molecule has 0 aromatic rings. The first-order valence-corrected chi connectivity index (χ1v) is 8.34. The average Bonchev–Trinajstić information content (AvgIpc) is 3.01. The minimum absolute atomic E-state index is 0.243. The molecule has 22 heavy (non-hydrogen) atoms. The SMILES string of the molecule is CCNC(=NCC(C)(C)OC)NCCCOCC1CCCO1. The number of aliphatic imine (C=N–C) groups is 1. The van der Waals surface area contributed by atoms with E-state index in [9.17, 15) is 0 Å². The number of guanidine groups is 1. The van der Waals surface area contributed by atoms with Crippen LogP contribution < -0.4 is 10.6 Å². The van der Waals surface area contributed by atoms with Gasteiger partial charge in [-0.1, -0.05) is 0 Å². The van der Waals surface area contributed by atoms with Crippen LogP contribution in [0.3, 0.4) is 0 Å². The summed E-state index contributed by atoms with van der Waals surface area (Å²) in [6.45, 7) is 10.8. The summed E-state index contributed by atoms with van der Waals surface area (Å²) < 4.78 is 16.5. The molecule has 1 saturated heterocycles.